The van der Waals surface area contributed by atoms with Gasteiger partial charge in [0.05, 0.1) is 10.6 Å². The Morgan fingerprint density at radius 2 is 2.15 bits per heavy atom. The molecule has 2 rings (SSSR count). The molecule has 0 spiro atoms. The molecule has 1 aliphatic rings. The highest BCUT2D eigenvalue weighted by molar-refractivity contribution is 6.34. The quantitative estimate of drug-likeness (QED) is 0.839. The third kappa shape index (κ3) is 4.12. The summed E-state index contributed by atoms with van der Waals surface area (Å²) in [6.07, 6.45) is 2.50. The number of nitrogens with one attached hydrogen (secondary N) is 1. The van der Waals surface area contributed by atoms with E-state index in [1.54, 1.807) is 18.2 Å². The zero-order chi connectivity index (χ0) is 14.5. The van der Waals surface area contributed by atoms with Crippen molar-refractivity contribution < 1.29 is 4.79 Å². The van der Waals surface area contributed by atoms with Gasteiger partial charge < -0.3 is 16.0 Å². The predicted octanol–water partition coefficient (Wildman–Crippen LogP) is 2.38. The molecule has 20 heavy (non-hydrogen) atoms. The largest absolute Gasteiger partial charge is 0.399 e. The maximum Gasteiger partial charge on any atom is 0.252 e. The third-order valence-corrected chi connectivity index (χ3v) is 4.14. The normalized spacial score (nSPS) is 17.1. The van der Waals surface area contributed by atoms with Crippen molar-refractivity contribution in [2.75, 3.05) is 31.9 Å². The minimum atomic E-state index is -0.139. The van der Waals surface area contributed by atoms with Crippen LogP contribution in [0.1, 0.15) is 30.1 Å². The summed E-state index contributed by atoms with van der Waals surface area (Å²) >= 11 is 6.02. The van der Waals surface area contributed by atoms with Crippen molar-refractivity contribution in [1.29, 1.82) is 0 Å². The van der Waals surface area contributed by atoms with Gasteiger partial charge in [-0.05, 0) is 50.0 Å². The molecule has 1 saturated heterocycles. The Kier molecular flexibility index (Phi) is 5.26. The molecule has 0 aliphatic carbocycles. The van der Waals surface area contributed by atoms with Crippen LogP contribution >= 0.6 is 11.6 Å². The van der Waals surface area contributed by atoms with Crippen molar-refractivity contribution in [2.24, 2.45) is 5.92 Å². The maximum atomic E-state index is 12.0. The van der Waals surface area contributed by atoms with Gasteiger partial charge in [0, 0.05) is 18.8 Å². The molecule has 110 valence electrons. The van der Waals surface area contributed by atoms with Gasteiger partial charge in [-0.25, -0.2) is 0 Å². The van der Waals surface area contributed by atoms with E-state index in [-0.39, 0.29) is 5.91 Å². The number of rotatable bonds is 4. The van der Waals surface area contributed by atoms with Crippen molar-refractivity contribution in [3.63, 3.8) is 0 Å². The van der Waals surface area contributed by atoms with Crippen LogP contribution in [-0.2, 0) is 0 Å². The number of amides is 1. The number of hydrogen-bond acceptors (Lipinski definition) is 3. The fourth-order valence-electron chi connectivity index (χ4n) is 2.42. The molecule has 1 aromatic rings. The number of hydrogen-bond donors (Lipinski definition) is 2. The third-order valence-electron chi connectivity index (χ3n) is 3.83. The van der Waals surface area contributed by atoms with Crippen LogP contribution in [0.4, 0.5) is 5.69 Å². The topological polar surface area (TPSA) is 58.4 Å². The number of nitrogen functional groups attached to an aromatic ring is 1. The molecular formula is C15H22ClN3O. The maximum absolute atomic E-state index is 12.0. The molecule has 5 heteroatoms. The van der Waals surface area contributed by atoms with Crippen LogP contribution < -0.4 is 11.1 Å². The number of carbonyl (C=O) groups excluding carboxylic acids is 1. The molecule has 1 heterocycles. The average molecular weight is 296 g/mol. The first-order valence-electron chi connectivity index (χ1n) is 7.12. The minimum absolute atomic E-state index is 0.139. The SMILES string of the molecule is CC1CCN(CCNC(=O)c2ccc(N)cc2Cl)CC1. The van der Waals surface area contributed by atoms with Gasteiger partial charge >= 0.3 is 0 Å². The lowest BCUT2D eigenvalue weighted by Gasteiger charge is -2.30. The van der Waals surface area contributed by atoms with E-state index in [4.69, 9.17) is 17.3 Å². The molecule has 0 radical (unpaired) electrons. The second-order valence-electron chi connectivity index (χ2n) is 5.52. The number of nitrogens with zero attached hydrogens (tertiary/aromatic N) is 1. The Labute approximate surface area is 125 Å². The number of piperidine rings is 1. The highest BCUT2D eigenvalue weighted by Crippen LogP contribution is 2.19. The second-order valence-corrected chi connectivity index (χ2v) is 5.93. The smallest absolute Gasteiger partial charge is 0.252 e. The zero-order valence-corrected chi connectivity index (χ0v) is 12.6. The molecule has 1 fully saturated rings. The molecule has 0 unspecified atom stereocenters. The number of anilines is 1. The Bertz CT molecular complexity index is 470. The van der Waals surface area contributed by atoms with Gasteiger partial charge in [-0.3, -0.25) is 4.79 Å². The van der Waals surface area contributed by atoms with E-state index in [9.17, 15) is 4.79 Å². The summed E-state index contributed by atoms with van der Waals surface area (Å²) in [4.78, 5) is 14.4. The van der Waals surface area contributed by atoms with E-state index >= 15 is 0 Å². The summed E-state index contributed by atoms with van der Waals surface area (Å²) in [6, 6.07) is 4.95. The van der Waals surface area contributed by atoms with E-state index < -0.39 is 0 Å². The summed E-state index contributed by atoms with van der Waals surface area (Å²) < 4.78 is 0. The Hall–Kier alpha value is -1.26. The summed E-state index contributed by atoms with van der Waals surface area (Å²) in [5.41, 5.74) is 6.66. The van der Waals surface area contributed by atoms with Gasteiger partial charge in [-0.2, -0.15) is 0 Å². The molecule has 1 amide bonds. The van der Waals surface area contributed by atoms with Crippen LogP contribution in [0.5, 0.6) is 0 Å². The molecule has 1 aliphatic heterocycles. The van der Waals surface area contributed by atoms with Crippen LogP contribution in [0.25, 0.3) is 0 Å². The van der Waals surface area contributed by atoms with Gasteiger partial charge in [0.15, 0.2) is 0 Å². The monoisotopic (exact) mass is 295 g/mol. The Morgan fingerprint density at radius 1 is 1.45 bits per heavy atom. The van der Waals surface area contributed by atoms with E-state index in [0.717, 1.165) is 25.6 Å². The molecule has 0 saturated carbocycles. The van der Waals surface area contributed by atoms with Gasteiger partial charge in [0.2, 0.25) is 0 Å². The second kappa shape index (κ2) is 6.95. The van der Waals surface area contributed by atoms with Gasteiger partial charge in [-0.15, -0.1) is 0 Å². The number of benzene rings is 1. The van der Waals surface area contributed by atoms with Crippen molar-refractivity contribution >= 4 is 23.2 Å². The van der Waals surface area contributed by atoms with E-state index in [0.29, 0.717) is 22.8 Å². The first kappa shape index (κ1) is 15.1. The van der Waals surface area contributed by atoms with E-state index in [2.05, 4.69) is 17.1 Å². The lowest BCUT2D eigenvalue weighted by Crippen LogP contribution is -2.39. The van der Waals surface area contributed by atoms with Crippen LogP contribution in [0.3, 0.4) is 0 Å². The van der Waals surface area contributed by atoms with Crippen LogP contribution in [-0.4, -0.2) is 37.0 Å². The fourth-order valence-corrected chi connectivity index (χ4v) is 2.70. The summed E-state index contributed by atoms with van der Waals surface area (Å²) in [6.45, 7) is 6.08. The van der Waals surface area contributed by atoms with E-state index in [1.807, 2.05) is 0 Å². The summed E-state index contributed by atoms with van der Waals surface area (Å²) in [7, 11) is 0. The highest BCUT2D eigenvalue weighted by Gasteiger charge is 2.16. The number of halogens is 1. The van der Waals surface area contributed by atoms with Crippen LogP contribution in [0.2, 0.25) is 5.02 Å². The van der Waals surface area contributed by atoms with Gasteiger partial charge in [-0.1, -0.05) is 18.5 Å². The van der Waals surface area contributed by atoms with E-state index in [1.165, 1.54) is 12.8 Å². The predicted molar refractivity (Wildman–Crippen MR) is 83.0 cm³/mol. The minimum Gasteiger partial charge on any atom is -0.399 e. The molecular weight excluding hydrogens is 274 g/mol. The number of carbonyl (C=O) groups is 1. The van der Waals surface area contributed by atoms with Crippen molar-refractivity contribution in [3.8, 4) is 0 Å². The molecule has 0 atom stereocenters. The average Bonchev–Trinajstić information content (AvgIpc) is 2.41. The molecule has 0 aromatic heterocycles. The van der Waals surface area contributed by atoms with Crippen LogP contribution in [0.15, 0.2) is 18.2 Å². The molecule has 1 aromatic carbocycles. The Balaban J connectivity index is 1.77. The highest BCUT2D eigenvalue weighted by atomic mass is 35.5. The molecule has 0 bridgehead atoms. The first-order chi connectivity index (χ1) is 9.56. The molecule has 4 nitrogen and oxygen atoms in total. The fraction of sp³-hybridized carbons (Fsp3) is 0.533. The van der Waals surface area contributed by atoms with Crippen molar-refractivity contribution in [3.05, 3.63) is 28.8 Å². The van der Waals surface area contributed by atoms with Crippen molar-refractivity contribution in [2.45, 2.75) is 19.8 Å². The summed E-state index contributed by atoms with van der Waals surface area (Å²) in [5.74, 6) is 0.690. The number of likely N-dealkylation sites (tertiary alicyclic amines) is 1. The molecule has 3 N–H and O–H groups in total. The Morgan fingerprint density at radius 3 is 2.80 bits per heavy atom. The van der Waals surface area contributed by atoms with Crippen LogP contribution in [0, 0.1) is 5.92 Å². The zero-order valence-electron chi connectivity index (χ0n) is 11.9. The summed E-state index contributed by atoms with van der Waals surface area (Å²) in [5, 5.41) is 3.31. The lowest BCUT2D eigenvalue weighted by atomic mass is 9.99. The first-order valence-corrected chi connectivity index (χ1v) is 7.49. The van der Waals surface area contributed by atoms with Gasteiger partial charge in [0.1, 0.15) is 0 Å². The van der Waals surface area contributed by atoms with Gasteiger partial charge in [0.25, 0.3) is 5.91 Å². The standard InChI is InChI=1S/C15H22ClN3O/c1-11-4-7-19(8-5-11)9-6-18-15(20)13-3-2-12(17)10-14(13)16/h2-3,10-11H,4-9,17H2,1H3,(H,18,20). The lowest BCUT2D eigenvalue weighted by molar-refractivity contribution is 0.0944. The number of nitrogens with two attached hydrogens (primary N) is 1. The van der Waals surface area contributed by atoms with Crippen molar-refractivity contribution in [1.82, 2.24) is 10.2 Å².